The van der Waals surface area contributed by atoms with E-state index in [-0.39, 0.29) is 72.1 Å². The van der Waals surface area contributed by atoms with Crippen LogP contribution >= 0.6 is 15.9 Å². The Morgan fingerprint density at radius 2 is 1.21 bits per heavy atom. The molecule has 0 bridgehead atoms. The van der Waals surface area contributed by atoms with Gasteiger partial charge in [0.25, 0.3) is 0 Å². The summed E-state index contributed by atoms with van der Waals surface area (Å²) in [6.45, 7) is 4.60. The van der Waals surface area contributed by atoms with E-state index in [0.29, 0.717) is 0 Å². The van der Waals surface area contributed by atoms with Crippen LogP contribution in [0, 0.1) is 6.07 Å². The van der Waals surface area contributed by atoms with Crippen LogP contribution in [0.4, 0.5) is 0 Å². The zero-order chi connectivity index (χ0) is 21.2. The third-order valence-corrected chi connectivity index (χ3v) is 7.57. The number of hydrogen-bond donors (Lipinski definition) is 0. The van der Waals surface area contributed by atoms with E-state index >= 15 is 0 Å². The van der Waals surface area contributed by atoms with Crippen LogP contribution in [0.1, 0.15) is 115 Å². The molecule has 0 nitrogen and oxygen atoms in total. The minimum absolute atomic E-state index is 0. The van der Waals surface area contributed by atoms with E-state index in [4.69, 9.17) is 0 Å². The normalized spacial score (nSPS) is 12.3. The Kier molecular flexibility index (Phi) is 21.7. The van der Waals surface area contributed by atoms with Crippen LogP contribution < -0.4 is 43.7 Å². The van der Waals surface area contributed by atoms with Gasteiger partial charge in [0, 0.05) is 4.47 Å². The molecule has 34 heavy (non-hydrogen) atoms. The van der Waals surface area contributed by atoms with Gasteiger partial charge in [-0.05, 0) is 28.7 Å². The molecule has 1 aliphatic rings. The zero-order valence-electron chi connectivity index (χ0n) is 21.7. The number of benzene rings is 2. The van der Waals surface area contributed by atoms with Gasteiger partial charge in [-0.25, -0.2) is 0 Å². The van der Waals surface area contributed by atoms with E-state index in [0.717, 1.165) is 0 Å². The fourth-order valence-electron chi connectivity index (χ4n) is 5.43. The van der Waals surface area contributed by atoms with E-state index in [9.17, 15) is 0 Å². The average Bonchev–Trinajstić information content (AvgIpc) is 3.03. The van der Waals surface area contributed by atoms with Crippen LogP contribution in [-0.4, -0.2) is 23.1 Å². The molecule has 2 aromatic carbocycles. The number of unbranched alkanes of at least 4 members (excludes halogenated alkanes) is 10. The average molecular weight is 571 g/mol. The molecule has 5 heteroatoms. The molecule has 0 N–H and O–H groups in total. The van der Waals surface area contributed by atoms with E-state index in [2.05, 4.69) is 72.2 Å². The predicted octanol–water partition coefficient (Wildman–Crippen LogP) is 0.648. The van der Waals surface area contributed by atoms with Gasteiger partial charge < -0.3 is 24.8 Å². The fraction of sp³-hybridized carbons (Fsp3) is 0.586. The molecule has 0 amide bonds. The summed E-state index contributed by atoms with van der Waals surface area (Å²) in [5.41, 5.74) is 6.20. The predicted molar refractivity (Wildman–Crippen MR) is 141 cm³/mol. The molecule has 0 unspecified atom stereocenters. The summed E-state index contributed by atoms with van der Waals surface area (Å²) in [6.07, 6.45) is 19.0. The van der Waals surface area contributed by atoms with Crippen LogP contribution in [-0.2, 0) is 5.41 Å². The molecule has 0 aromatic heterocycles. The van der Waals surface area contributed by atoms with Gasteiger partial charge in [-0.2, -0.15) is 24.3 Å². The molecule has 0 aliphatic heterocycles. The van der Waals surface area contributed by atoms with Gasteiger partial charge in [-0.1, -0.05) is 126 Å². The largest absolute Gasteiger partial charge is 2.00 e. The summed E-state index contributed by atoms with van der Waals surface area (Å²) in [5, 5.41) is 0. The van der Waals surface area contributed by atoms with Crippen LogP contribution in [0.15, 0.2) is 40.9 Å². The third-order valence-electron chi connectivity index (χ3n) is 7.08. The maximum absolute atomic E-state index is 3.77. The molecular formula is C29H40BrCl2LiMg. The molecule has 2 aromatic rings. The van der Waals surface area contributed by atoms with Gasteiger partial charge in [0.15, 0.2) is 0 Å². The first kappa shape index (κ1) is 37.0. The summed E-state index contributed by atoms with van der Waals surface area (Å²) in [4.78, 5) is 0. The molecule has 180 valence electrons. The second-order valence-corrected chi connectivity index (χ2v) is 10.2. The first-order valence-electron chi connectivity index (χ1n) is 12.5. The van der Waals surface area contributed by atoms with E-state index in [1.165, 1.54) is 105 Å². The zero-order valence-corrected chi connectivity index (χ0v) is 26.2. The van der Waals surface area contributed by atoms with Crippen molar-refractivity contribution in [1.29, 1.82) is 0 Å². The number of hydrogen-bond acceptors (Lipinski definition) is 0. The van der Waals surface area contributed by atoms with Crippen molar-refractivity contribution < 1.29 is 43.7 Å². The topological polar surface area (TPSA) is 0 Å². The molecule has 0 spiro atoms. The van der Waals surface area contributed by atoms with Gasteiger partial charge in [-0.15, -0.1) is 11.1 Å². The minimum atomic E-state index is 0. The first-order valence-corrected chi connectivity index (χ1v) is 13.3. The SMILES string of the molecule is CCCCCCCCC1(CCCCCCCC)c2c[c-]ccc2-c2ccc(Br)cc21.[Cl-].[Cl-].[Li+].[Mg+2]. The summed E-state index contributed by atoms with van der Waals surface area (Å²) < 4.78 is 1.22. The number of halogens is 3. The summed E-state index contributed by atoms with van der Waals surface area (Å²) in [6, 6.07) is 17.1. The van der Waals surface area contributed by atoms with Gasteiger partial charge >= 0.3 is 41.9 Å². The van der Waals surface area contributed by atoms with Gasteiger partial charge in [-0.3, -0.25) is 0 Å². The Hall–Kier alpha value is 0.864. The second-order valence-electron chi connectivity index (χ2n) is 9.28. The van der Waals surface area contributed by atoms with Crippen LogP contribution in [0.3, 0.4) is 0 Å². The Bertz CT molecular complexity index is 783. The van der Waals surface area contributed by atoms with Crippen LogP contribution in [0.25, 0.3) is 11.1 Å². The minimum Gasteiger partial charge on any atom is -1.00 e. The summed E-state index contributed by atoms with van der Waals surface area (Å²) in [7, 11) is 0. The van der Waals surface area contributed by atoms with Crippen LogP contribution in [0.2, 0.25) is 0 Å². The second kappa shape index (κ2) is 19.9. The van der Waals surface area contributed by atoms with Gasteiger partial charge in [0.1, 0.15) is 0 Å². The van der Waals surface area contributed by atoms with Crippen molar-refractivity contribution in [1.82, 2.24) is 0 Å². The van der Waals surface area contributed by atoms with Gasteiger partial charge in [0.2, 0.25) is 0 Å². The van der Waals surface area contributed by atoms with E-state index in [1.807, 2.05) is 0 Å². The molecule has 0 fully saturated rings. The van der Waals surface area contributed by atoms with E-state index < -0.39 is 0 Å². The molecule has 0 radical (unpaired) electrons. The smallest absolute Gasteiger partial charge is 1.00 e. The Morgan fingerprint density at radius 3 is 1.76 bits per heavy atom. The van der Waals surface area contributed by atoms with Crippen LogP contribution in [0.5, 0.6) is 0 Å². The third kappa shape index (κ3) is 9.63. The maximum atomic E-state index is 3.77. The fourth-order valence-corrected chi connectivity index (χ4v) is 5.79. The van der Waals surface area contributed by atoms with E-state index in [1.54, 1.807) is 11.1 Å². The molecular weight excluding hydrogens is 530 g/mol. The maximum Gasteiger partial charge on any atom is 2.00 e. The number of rotatable bonds is 14. The Labute approximate surface area is 258 Å². The molecule has 0 heterocycles. The van der Waals surface area contributed by atoms with Crippen molar-refractivity contribution in [2.24, 2.45) is 0 Å². The molecule has 0 saturated carbocycles. The standard InChI is InChI=1S/C29H40Br.2ClH.Li.Mg/c1-3-5-7-9-11-15-21-29(22-16-12-10-8-6-4-2)27-18-14-13-17-25(27)26-20-19-24(30)23-28(26)29;;;;/h13,17-20,23H,3-12,15-16,21-22H2,1-2H3;2*1H;;/q-1;;;+1;+2/p-2. The van der Waals surface area contributed by atoms with Crippen molar-refractivity contribution in [3.8, 4) is 11.1 Å². The Balaban J connectivity index is 0. The first-order chi connectivity index (χ1) is 14.7. The van der Waals surface area contributed by atoms with Crippen molar-refractivity contribution in [2.75, 3.05) is 0 Å². The van der Waals surface area contributed by atoms with Gasteiger partial charge in [0.05, 0.1) is 0 Å². The number of fused-ring (bicyclic) bond motifs is 3. The molecule has 0 atom stereocenters. The Morgan fingerprint density at radius 1 is 0.706 bits per heavy atom. The summed E-state index contributed by atoms with van der Waals surface area (Å²) >= 11 is 3.77. The summed E-state index contributed by atoms with van der Waals surface area (Å²) in [5.74, 6) is 0. The molecule has 3 rings (SSSR count). The molecule has 0 saturated heterocycles. The van der Waals surface area contributed by atoms with Crippen molar-refractivity contribution in [2.45, 2.75) is 109 Å². The molecule has 1 aliphatic carbocycles. The van der Waals surface area contributed by atoms with Crippen molar-refractivity contribution in [3.63, 3.8) is 0 Å². The quantitative estimate of drug-likeness (QED) is 0.178. The monoisotopic (exact) mass is 568 g/mol. The van der Waals surface area contributed by atoms with Crippen molar-refractivity contribution in [3.05, 3.63) is 58.1 Å². The van der Waals surface area contributed by atoms with Crippen molar-refractivity contribution >= 4 is 39.0 Å².